The lowest BCUT2D eigenvalue weighted by molar-refractivity contribution is 1.43. The smallest absolute Gasteiger partial charge is 0.124 e. The van der Waals surface area contributed by atoms with E-state index in [1.54, 1.807) is 17.4 Å². The quantitative estimate of drug-likeness (QED) is 0.650. The Labute approximate surface area is 109 Å². The van der Waals surface area contributed by atoms with Gasteiger partial charge < -0.3 is 0 Å². The first-order valence-corrected chi connectivity index (χ1v) is 6.45. The minimum atomic E-state index is 0.682. The number of nitriles is 1. The topological polar surface area (TPSA) is 36.7 Å². The van der Waals surface area contributed by atoms with Crippen LogP contribution in [-0.4, -0.2) is 4.98 Å². The van der Waals surface area contributed by atoms with Crippen molar-refractivity contribution in [3.05, 3.63) is 53.6 Å². The molecule has 0 radical (unpaired) electrons. The van der Waals surface area contributed by atoms with Crippen molar-refractivity contribution in [1.29, 1.82) is 5.26 Å². The second-order valence-electron chi connectivity index (χ2n) is 4.18. The Balaban J connectivity index is 2.13. The number of thiazole rings is 1. The average Bonchev–Trinajstić information content (AvgIpc) is 2.82. The molecule has 0 unspecified atom stereocenters. The van der Waals surface area contributed by atoms with E-state index in [1.165, 1.54) is 5.56 Å². The summed E-state index contributed by atoms with van der Waals surface area (Å²) in [7, 11) is 0. The van der Waals surface area contributed by atoms with Crippen molar-refractivity contribution in [1.82, 2.24) is 4.98 Å². The zero-order chi connectivity index (χ0) is 12.5. The van der Waals surface area contributed by atoms with Gasteiger partial charge in [-0.05, 0) is 25.1 Å². The summed E-state index contributed by atoms with van der Waals surface area (Å²) in [6.45, 7) is 2.07. The molecule has 1 aromatic heterocycles. The summed E-state index contributed by atoms with van der Waals surface area (Å²) in [6, 6.07) is 16.1. The number of hydrogen-bond acceptors (Lipinski definition) is 3. The molecule has 2 nitrogen and oxygen atoms in total. The van der Waals surface area contributed by atoms with E-state index in [0.29, 0.717) is 5.56 Å². The molecule has 0 spiro atoms. The predicted molar refractivity (Wildman–Crippen MR) is 74.5 cm³/mol. The van der Waals surface area contributed by atoms with Gasteiger partial charge >= 0.3 is 0 Å². The summed E-state index contributed by atoms with van der Waals surface area (Å²) >= 11 is 1.62. The Morgan fingerprint density at radius 1 is 1.11 bits per heavy atom. The summed E-state index contributed by atoms with van der Waals surface area (Å²) < 4.78 is 1.06. The van der Waals surface area contributed by atoms with Crippen molar-refractivity contribution in [2.45, 2.75) is 6.92 Å². The first-order chi connectivity index (χ1) is 8.76. The van der Waals surface area contributed by atoms with Crippen LogP contribution >= 0.6 is 11.3 Å². The van der Waals surface area contributed by atoms with Gasteiger partial charge in [-0.3, -0.25) is 0 Å². The van der Waals surface area contributed by atoms with Crippen LogP contribution in [-0.2, 0) is 0 Å². The first-order valence-electron chi connectivity index (χ1n) is 5.64. The Hall–Kier alpha value is -2.18. The molecule has 86 valence electrons. The molecule has 0 saturated carbocycles. The highest BCUT2D eigenvalue weighted by molar-refractivity contribution is 7.21. The number of fused-ring (bicyclic) bond motifs is 1. The van der Waals surface area contributed by atoms with Gasteiger partial charge in [0, 0.05) is 5.56 Å². The van der Waals surface area contributed by atoms with Gasteiger partial charge in [-0.25, -0.2) is 4.98 Å². The highest BCUT2D eigenvalue weighted by Crippen LogP contribution is 2.30. The van der Waals surface area contributed by atoms with E-state index in [0.717, 1.165) is 20.8 Å². The van der Waals surface area contributed by atoms with Crippen LogP contribution in [0.5, 0.6) is 0 Å². The largest absolute Gasteiger partial charge is 0.236 e. The number of rotatable bonds is 1. The van der Waals surface area contributed by atoms with Crippen LogP contribution in [0.2, 0.25) is 0 Å². The van der Waals surface area contributed by atoms with Crippen molar-refractivity contribution in [3.63, 3.8) is 0 Å². The molecule has 0 aliphatic rings. The van der Waals surface area contributed by atoms with Gasteiger partial charge in [-0.1, -0.05) is 29.8 Å². The van der Waals surface area contributed by atoms with E-state index in [2.05, 4.69) is 42.2 Å². The second-order valence-corrected chi connectivity index (χ2v) is 5.21. The van der Waals surface area contributed by atoms with Crippen molar-refractivity contribution >= 4 is 21.6 Å². The molecule has 3 aromatic rings. The summed E-state index contributed by atoms with van der Waals surface area (Å²) in [5.41, 5.74) is 4.00. The highest BCUT2D eigenvalue weighted by atomic mass is 32.1. The average molecular weight is 250 g/mol. The van der Waals surface area contributed by atoms with E-state index in [-0.39, 0.29) is 0 Å². The van der Waals surface area contributed by atoms with Gasteiger partial charge in [0.1, 0.15) is 5.01 Å². The number of nitrogens with zero attached hydrogens (tertiary/aromatic N) is 2. The fraction of sp³-hybridized carbons (Fsp3) is 0.0667. The molecule has 0 aliphatic heterocycles. The normalized spacial score (nSPS) is 10.4. The molecule has 0 saturated heterocycles. The molecule has 2 aromatic carbocycles. The minimum Gasteiger partial charge on any atom is -0.236 e. The maximum Gasteiger partial charge on any atom is 0.124 e. The molecule has 3 heteroatoms. The van der Waals surface area contributed by atoms with Gasteiger partial charge in [0.15, 0.2) is 0 Å². The molecule has 18 heavy (non-hydrogen) atoms. The van der Waals surface area contributed by atoms with Crippen molar-refractivity contribution < 1.29 is 0 Å². The molecular formula is C15H10N2S. The summed E-state index contributed by atoms with van der Waals surface area (Å²) in [4.78, 5) is 4.60. The molecule has 0 fully saturated rings. The maximum atomic E-state index is 8.89. The molecule has 0 amide bonds. The lowest BCUT2D eigenvalue weighted by atomic mass is 10.2. The Morgan fingerprint density at radius 2 is 1.89 bits per heavy atom. The first kappa shape index (κ1) is 10.9. The van der Waals surface area contributed by atoms with Crippen LogP contribution in [0.1, 0.15) is 11.1 Å². The van der Waals surface area contributed by atoms with Crippen molar-refractivity contribution in [2.75, 3.05) is 0 Å². The lowest BCUT2D eigenvalue weighted by Gasteiger charge is -1.95. The lowest BCUT2D eigenvalue weighted by Crippen LogP contribution is -1.76. The Bertz CT molecular complexity index is 748. The van der Waals surface area contributed by atoms with Gasteiger partial charge in [-0.2, -0.15) is 5.26 Å². The summed E-state index contributed by atoms with van der Waals surface area (Å²) in [5, 5.41) is 9.89. The van der Waals surface area contributed by atoms with Crippen LogP contribution in [0, 0.1) is 18.3 Å². The zero-order valence-electron chi connectivity index (χ0n) is 9.84. The van der Waals surface area contributed by atoms with Crippen LogP contribution in [0.15, 0.2) is 42.5 Å². The van der Waals surface area contributed by atoms with Crippen LogP contribution in [0.3, 0.4) is 0 Å². The predicted octanol–water partition coefficient (Wildman–Crippen LogP) is 4.14. The fourth-order valence-corrected chi connectivity index (χ4v) is 2.82. The molecule has 0 bridgehead atoms. The third-order valence-corrected chi connectivity index (χ3v) is 3.88. The SMILES string of the molecule is Cc1ccc(-c2nc3ccc(C#N)cc3s2)cc1. The van der Waals surface area contributed by atoms with Gasteiger partial charge in [0.2, 0.25) is 0 Å². The monoisotopic (exact) mass is 250 g/mol. The highest BCUT2D eigenvalue weighted by Gasteiger charge is 2.06. The maximum absolute atomic E-state index is 8.89. The van der Waals surface area contributed by atoms with Crippen LogP contribution in [0.4, 0.5) is 0 Å². The molecular weight excluding hydrogens is 240 g/mol. The van der Waals surface area contributed by atoms with Crippen molar-refractivity contribution in [3.8, 4) is 16.6 Å². The molecule has 0 N–H and O–H groups in total. The van der Waals surface area contributed by atoms with Crippen LogP contribution in [0.25, 0.3) is 20.8 Å². The molecule has 0 atom stereocenters. The van der Waals surface area contributed by atoms with Crippen LogP contribution < -0.4 is 0 Å². The third-order valence-electron chi connectivity index (χ3n) is 2.82. The zero-order valence-corrected chi connectivity index (χ0v) is 10.7. The van der Waals surface area contributed by atoms with E-state index in [4.69, 9.17) is 5.26 Å². The second kappa shape index (κ2) is 4.25. The number of benzene rings is 2. The summed E-state index contributed by atoms with van der Waals surface area (Å²) in [6.07, 6.45) is 0. The number of aryl methyl sites for hydroxylation is 1. The Morgan fingerprint density at radius 3 is 2.61 bits per heavy atom. The molecule has 3 rings (SSSR count). The van der Waals surface area contributed by atoms with E-state index in [9.17, 15) is 0 Å². The number of aromatic nitrogens is 1. The molecule has 0 aliphatic carbocycles. The van der Waals surface area contributed by atoms with E-state index >= 15 is 0 Å². The van der Waals surface area contributed by atoms with Gasteiger partial charge in [-0.15, -0.1) is 11.3 Å². The Kier molecular flexibility index (Phi) is 2.58. The third kappa shape index (κ3) is 1.87. The molecule has 1 heterocycles. The van der Waals surface area contributed by atoms with Crippen molar-refractivity contribution in [2.24, 2.45) is 0 Å². The van der Waals surface area contributed by atoms with Gasteiger partial charge in [0.25, 0.3) is 0 Å². The standard InChI is InChI=1S/C15H10N2S/c1-10-2-5-12(6-3-10)15-17-13-7-4-11(9-16)8-14(13)18-15/h2-8H,1H3. The van der Waals surface area contributed by atoms with E-state index in [1.807, 2.05) is 12.1 Å². The fourth-order valence-electron chi connectivity index (χ4n) is 1.81. The number of hydrogen-bond donors (Lipinski definition) is 0. The van der Waals surface area contributed by atoms with E-state index < -0.39 is 0 Å². The van der Waals surface area contributed by atoms with Gasteiger partial charge in [0.05, 0.1) is 21.8 Å². The summed E-state index contributed by atoms with van der Waals surface area (Å²) in [5.74, 6) is 0. The minimum absolute atomic E-state index is 0.682.